The van der Waals surface area contributed by atoms with Gasteiger partial charge in [-0.1, -0.05) is 32.4 Å². The Morgan fingerprint density at radius 2 is 2.21 bits per heavy atom. The van der Waals surface area contributed by atoms with Gasteiger partial charge in [-0.3, -0.25) is 4.79 Å². The summed E-state index contributed by atoms with van der Waals surface area (Å²) in [5.41, 5.74) is 3.82. The summed E-state index contributed by atoms with van der Waals surface area (Å²) >= 11 is 0. The number of hydrogen-bond donors (Lipinski definition) is 0. The van der Waals surface area contributed by atoms with Crippen molar-refractivity contribution in [2.45, 2.75) is 46.0 Å². The molecule has 0 bridgehead atoms. The van der Waals surface area contributed by atoms with Gasteiger partial charge in [0.1, 0.15) is 5.75 Å². The summed E-state index contributed by atoms with van der Waals surface area (Å²) in [6.07, 6.45) is 8.66. The van der Waals surface area contributed by atoms with E-state index in [1.807, 2.05) is 13.0 Å². The van der Waals surface area contributed by atoms with Crippen LogP contribution in [0.5, 0.6) is 5.75 Å². The zero-order valence-electron chi connectivity index (χ0n) is 11.9. The fraction of sp³-hybridized carbons (Fsp3) is 0.471. The van der Waals surface area contributed by atoms with Gasteiger partial charge >= 0.3 is 0 Å². The second-order valence-corrected chi connectivity index (χ2v) is 4.97. The number of carbonyl (C=O) groups is 1. The number of unbranched alkanes of at least 4 members (excludes halogenated alkanes) is 1. The fourth-order valence-corrected chi connectivity index (χ4v) is 2.44. The van der Waals surface area contributed by atoms with Crippen LogP contribution in [0.3, 0.4) is 0 Å². The van der Waals surface area contributed by atoms with Crippen LogP contribution in [0.15, 0.2) is 18.2 Å². The second-order valence-electron chi connectivity index (χ2n) is 4.97. The summed E-state index contributed by atoms with van der Waals surface area (Å²) in [6, 6.07) is 4.22. The lowest BCUT2D eigenvalue weighted by Crippen LogP contribution is -1.95. The van der Waals surface area contributed by atoms with Crippen molar-refractivity contribution >= 4 is 11.9 Å². The highest BCUT2D eigenvalue weighted by Crippen LogP contribution is 2.32. The third kappa shape index (κ3) is 3.25. The van der Waals surface area contributed by atoms with Crippen LogP contribution in [0.4, 0.5) is 0 Å². The van der Waals surface area contributed by atoms with E-state index >= 15 is 0 Å². The third-order valence-corrected chi connectivity index (χ3v) is 3.60. The average molecular weight is 258 g/mol. The van der Waals surface area contributed by atoms with Gasteiger partial charge in [0.15, 0.2) is 5.78 Å². The van der Waals surface area contributed by atoms with E-state index in [0.717, 1.165) is 25.2 Å². The third-order valence-electron chi connectivity index (χ3n) is 3.60. The molecule has 1 aliphatic rings. The van der Waals surface area contributed by atoms with Crippen molar-refractivity contribution in [3.63, 3.8) is 0 Å². The van der Waals surface area contributed by atoms with Crippen molar-refractivity contribution in [2.75, 3.05) is 6.61 Å². The average Bonchev–Trinajstić information content (AvgIpc) is 2.91. The van der Waals surface area contributed by atoms with Gasteiger partial charge in [0, 0.05) is 18.4 Å². The van der Waals surface area contributed by atoms with E-state index in [1.54, 1.807) is 6.08 Å². The lowest BCUT2D eigenvalue weighted by molar-refractivity contribution is -0.114. The molecule has 1 aromatic carbocycles. The predicted molar refractivity (Wildman–Crippen MR) is 78.6 cm³/mol. The van der Waals surface area contributed by atoms with E-state index in [1.165, 1.54) is 29.5 Å². The molecule has 0 spiro atoms. The molecule has 0 amide bonds. The molecule has 0 saturated heterocycles. The Balaban J connectivity index is 2.33. The standard InChI is InChI=1S/C17H22O2/c1-3-5-6-13-7-10-17-16(11-12-19-17)15(13)9-8-14(18)4-2/h7-10H,3-6,11-12H2,1-2H3/b9-8+. The van der Waals surface area contributed by atoms with Gasteiger partial charge in [0.25, 0.3) is 0 Å². The first-order chi connectivity index (χ1) is 9.26. The first-order valence-corrected chi connectivity index (χ1v) is 7.24. The highest BCUT2D eigenvalue weighted by molar-refractivity contribution is 5.93. The number of ketones is 1. The molecular weight excluding hydrogens is 236 g/mol. The minimum absolute atomic E-state index is 0.179. The zero-order valence-corrected chi connectivity index (χ0v) is 11.9. The molecule has 0 saturated carbocycles. The van der Waals surface area contributed by atoms with Crippen molar-refractivity contribution in [3.05, 3.63) is 34.9 Å². The van der Waals surface area contributed by atoms with E-state index in [0.29, 0.717) is 6.42 Å². The van der Waals surface area contributed by atoms with Crippen LogP contribution in [0, 0.1) is 0 Å². The molecule has 0 fully saturated rings. The number of hydrogen-bond acceptors (Lipinski definition) is 2. The van der Waals surface area contributed by atoms with Gasteiger partial charge in [-0.25, -0.2) is 0 Å². The van der Waals surface area contributed by atoms with Crippen molar-refractivity contribution in [1.82, 2.24) is 0 Å². The van der Waals surface area contributed by atoms with Crippen LogP contribution in [-0.2, 0) is 17.6 Å². The topological polar surface area (TPSA) is 26.3 Å². The highest BCUT2D eigenvalue weighted by atomic mass is 16.5. The van der Waals surface area contributed by atoms with E-state index in [9.17, 15) is 4.79 Å². The zero-order chi connectivity index (χ0) is 13.7. The summed E-state index contributed by atoms with van der Waals surface area (Å²) in [5.74, 6) is 1.17. The molecule has 2 rings (SSSR count). The molecule has 0 atom stereocenters. The van der Waals surface area contributed by atoms with E-state index in [2.05, 4.69) is 19.1 Å². The molecule has 0 aliphatic carbocycles. The molecule has 0 aromatic heterocycles. The SMILES string of the molecule is CCCCc1ccc2c(c1/C=C/C(=O)CC)CCO2. The summed E-state index contributed by atoms with van der Waals surface area (Å²) < 4.78 is 5.61. The molecular formula is C17H22O2. The number of rotatable bonds is 6. The number of allylic oxidation sites excluding steroid dienone is 1. The van der Waals surface area contributed by atoms with Gasteiger partial charge in [0.2, 0.25) is 0 Å². The molecule has 1 aromatic rings. The number of benzene rings is 1. The summed E-state index contributed by atoms with van der Waals surface area (Å²) in [6.45, 7) is 4.85. The van der Waals surface area contributed by atoms with Crippen molar-refractivity contribution in [2.24, 2.45) is 0 Å². The first-order valence-electron chi connectivity index (χ1n) is 7.24. The largest absolute Gasteiger partial charge is 0.493 e. The van der Waals surface area contributed by atoms with Crippen LogP contribution in [0.2, 0.25) is 0 Å². The lowest BCUT2D eigenvalue weighted by Gasteiger charge is -2.10. The Hall–Kier alpha value is -1.57. The Morgan fingerprint density at radius 3 is 2.95 bits per heavy atom. The Morgan fingerprint density at radius 1 is 1.37 bits per heavy atom. The number of fused-ring (bicyclic) bond motifs is 1. The van der Waals surface area contributed by atoms with Crippen molar-refractivity contribution < 1.29 is 9.53 Å². The minimum atomic E-state index is 0.179. The maximum absolute atomic E-state index is 11.5. The Bertz CT molecular complexity index is 486. The van der Waals surface area contributed by atoms with Crippen LogP contribution in [-0.4, -0.2) is 12.4 Å². The van der Waals surface area contributed by atoms with E-state index in [-0.39, 0.29) is 5.78 Å². The van der Waals surface area contributed by atoms with Gasteiger partial charge in [-0.15, -0.1) is 0 Å². The molecule has 102 valence electrons. The monoisotopic (exact) mass is 258 g/mol. The highest BCUT2D eigenvalue weighted by Gasteiger charge is 2.17. The van der Waals surface area contributed by atoms with Crippen LogP contribution >= 0.6 is 0 Å². The number of ether oxygens (including phenoxy) is 1. The van der Waals surface area contributed by atoms with Crippen LogP contribution in [0.1, 0.15) is 49.8 Å². The minimum Gasteiger partial charge on any atom is -0.493 e. The van der Waals surface area contributed by atoms with Crippen molar-refractivity contribution in [1.29, 1.82) is 0 Å². The number of aryl methyl sites for hydroxylation is 1. The molecule has 1 heterocycles. The molecule has 19 heavy (non-hydrogen) atoms. The fourth-order valence-electron chi connectivity index (χ4n) is 2.44. The lowest BCUT2D eigenvalue weighted by atomic mass is 9.95. The molecule has 0 radical (unpaired) electrons. The Labute approximate surface area is 115 Å². The molecule has 0 unspecified atom stereocenters. The summed E-state index contributed by atoms with van der Waals surface area (Å²) in [5, 5.41) is 0. The quantitative estimate of drug-likeness (QED) is 0.722. The van der Waals surface area contributed by atoms with Crippen molar-refractivity contribution in [3.8, 4) is 5.75 Å². The van der Waals surface area contributed by atoms with Gasteiger partial charge in [-0.05, 0) is 36.1 Å². The van der Waals surface area contributed by atoms with E-state index in [4.69, 9.17) is 4.74 Å². The second kappa shape index (κ2) is 6.55. The van der Waals surface area contributed by atoms with Gasteiger partial charge < -0.3 is 4.74 Å². The summed E-state index contributed by atoms with van der Waals surface area (Å²) in [4.78, 5) is 11.5. The molecule has 0 N–H and O–H groups in total. The van der Waals surface area contributed by atoms with Gasteiger partial charge in [0.05, 0.1) is 6.61 Å². The van der Waals surface area contributed by atoms with Crippen LogP contribution < -0.4 is 4.74 Å². The summed E-state index contributed by atoms with van der Waals surface area (Å²) in [7, 11) is 0. The smallest absolute Gasteiger partial charge is 0.155 e. The van der Waals surface area contributed by atoms with Gasteiger partial charge in [-0.2, -0.15) is 0 Å². The number of carbonyl (C=O) groups excluding carboxylic acids is 1. The van der Waals surface area contributed by atoms with E-state index < -0.39 is 0 Å². The molecule has 1 aliphatic heterocycles. The predicted octanol–water partition coefficient (Wildman–Crippen LogP) is 3.96. The first kappa shape index (κ1) is 13.9. The maximum atomic E-state index is 11.5. The maximum Gasteiger partial charge on any atom is 0.155 e. The van der Waals surface area contributed by atoms with Crippen LogP contribution in [0.25, 0.3) is 6.08 Å². The molecule has 2 nitrogen and oxygen atoms in total. The Kier molecular flexibility index (Phi) is 4.78. The molecule has 2 heteroatoms. The normalized spacial score (nSPS) is 13.6.